The molecule has 8 heteroatoms. The first-order chi connectivity index (χ1) is 14.0. The molecule has 0 bridgehead atoms. The van der Waals surface area contributed by atoms with Crippen molar-refractivity contribution in [2.45, 2.75) is 13.5 Å². The largest absolute Gasteiger partial charge is 0.497 e. The van der Waals surface area contributed by atoms with Gasteiger partial charge in [0.15, 0.2) is 6.61 Å². The van der Waals surface area contributed by atoms with Crippen molar-refractivity contribution < 1.29 is 23.5 Å². The summed E-state index contributed by atoms with van der Waals surface area (Å²) in [5.41, 5.74) is 1.39. The molecule has 1 amide bonds. The van der Waals surface area contributed by atoms with Crippen molar-refractivity contribution in [3.05, 3.63) is 77.5 Å². The van der Waals surface area contributed by atoms with Crippen molar-refractivity contribution in [1.82, 2.24) is 10.2 Å². The lowest BCUT2D eigenvalue weighted by molar-refractivity contribution is -0.111. The highest BCUT2D eigenvalue weighted by Crippen LogP contribution is 2.18. The summed E-state index contributed by atoms with van der Waals surface area (Å²) in [5, 5.41) is 10.1. The van der Waals surface area contributed by atoms with Crippen LogP contribution in [0, 0.1) is 6.92 Å². The first kappa shape index (κ1) is 19.8. The molecule has 2 aromatic carbocycles. The molecule has 148 valence electrons. The average molecular weight is 393 g/mol. The van der Waals surface area contributed by atoms with Gasteiger partial charge in [0.1, 0.15) is 5.75 Å². The van der Waals surface area contributed by atoms with E-state index in [1.165, 1.54) is 6.08 Å². The summed E-state index contributed by atoms with van der Waals surface area (Å²) < 4.78 is 15.4. The maximum absolute atomic E-state index is 12.4. The maximum Gasteiger partial charge on any atom is 0.340 e. The van der Waals surface area contributed by atoms with E-state index in [0.717, 1.165) is 11.3 Å². The number of aromatic nitrogens is 2. The van der Waals surface area contributed by atoms with Crippen LogP contribution in [-0.2, 0) is 16.1 Å². The summed E-state index contributed by atoms with van der Waals surface area (Å²) in [5.74, 6) is 0.311. The van der Waals surface area contributed by atoms with Crippen LogP contribution in [-0.4, -0.2) is 29.2 Å². The van der Waals surface area contributed by atoms with E-state index in [0.29, 0.717) is 11.6 Å². The summed E-state index contributed by atoms with van der Waals surface area (Å²) in [6, 6.07) is 13.8. The highest BCUT2D eigenvalue weighted by atomic mass is 16.5. The van der Waals surface area contributed by atoms with E-state index in [-0.39, 0.29) is 24.0 Å². The van der Waals surface area contributed by atoms with Gasteiger partial charge in [-0.05, 0) is 35.9 Å². The predicted octanol–water partition coefficient (Wildman–Crippen LogP) is 3.40. The Morgan fingerprint density at radius 1 is 1.10 bits per heavy atom. The van der Waals surface area contributed by atoms with Gasteiger partial charge in [0.2, 0.25) is 11.8 Å². The lowest BCUT2D eigenvalue weighted by atomic mass is 10.1. The molecule has 3 rings (SSSR count). The van der Waals surface area contributed by atoms with Crippen molar-refractivity contribution in [2.75, 3.05) is 12.4 Å². The second kappa shape index (κ2) is 9.32. The Kier molecular flexibility index (Phi) is 6.36. The van der Waals surface area contributed by atoms with E-state index < -0.39 is 5.97 Å². The molecular weight excluding hydrogens is 374 g/mol. The lowest BCUT2D eigenvalue weighted by Crippen LogP contribution is -2.13. The summed E-state index contributed by atoms with van der Waals surface area (Å²) >= 11 is 0. The fraction of sp³-hybridized carbons (Fsp3) is 0.143. The van der Waals surface area contributed by atoms with E-state index in [2.05, 4.69) is 15.5 Å². The zero-order chi connectivity index (χ0) is 20.6. The zero-order valence-electron chi connectivity index (χ0n) is 15.9. The van der Waals surface area contributed by atoms with Gasteiger partial charge in [-0.1, -0.05) is 24.3 Å². The van der Waals surface area contributed by atoms with Gasteiger partial charge in [-0.2, -0.15) is 0 Å². The molecule has 0 unspecified atom stereocenters. The number of nitrogens with zero attached hydrogens (tertiary/aromatic N) is 2. The number of carbonyl (C=O) groups is 2. The standard InChI is InChI=1S/C21H19N3O5/c1-14-23-24-20(29-14)13-28-21(26)17-5-3-4-6-18(17)22-19(25)12-9-15-7-10-16(27-2)11-8-15/h3-12H,13H2,1-2H3,(H,22,25)/b12-9+. The molecule has 1 aromatic heterocycles. The van der Waals surface area contributed by atoms with Crippen LogP contribution in [0.2, 0.25) is 0 Å². The molecule has 0 saturated heterocycles. The molecular formula is C21H19N3O5. The van der Waals surface area contributed by atoms with Gasteiger partial charge in [-0.25, -0.2) is 4.79 Å². The zero-order valence-corrected chi connectivity index (χ0v) is 15.9. The Balaban J connectivity index is 1.63. The minimum Gasteiger partial charge on any atom is -0.497 e. The second-order valence-corrected chi connectivity index (χ2v) is 5.93. The van der Waals surface area contributed by atoms with Gasteiger partial charge in [0, 0.05) is 13.0 Å². The average Bonchev–Trinajstić information content (AvgIpc) is 3.16. The van der Waals surface area contributed by atoms with Gasteiger partial charge in [0.25, 0.3) is 5.89 Å². The molecule has 8 nitrogen and oxygen atoms in total. The molecule has 0 fully saturated rings. The molecule has 0 radical (unpaired) electrons. The third-order valence-corrected chi connectivity index (χ3v) is 3.84. The molecule has 0 aliphatic rings. The van der Waals surface area contributed by atoms with Crippen molar-refractivity contribution in [3.8, 4) is 5.75 Å². The minimum absolute atomic E-state index is 0.153. The molecule has 0 saturated carbocycles. The Morgan fingerprint density at radius 2 is 1.86 bits per heavy atom. The van der Waals surface area contributed by atoms with Crippen LogP contribution in [0.15, 0.2) is 59.0 Å². The number of aryl methyl sites for hydroxylation is 1. The van der Waals surface area contributed by atoms with Gasteiger partial charge in [-0.15, -0.1) is 10.2 Å². The fourth-order valence-corrected chi connectivity index (χ4v) is 2.43. The number of ether oxygens (including phenoxy) is 2. The van der Waals surface area contributed by atoms with E-state index >= 15 is 0 Å². The summed E-state index contributed by atoms with van der Waals surface area (Å²) in [4.78, 5) is 24.6. The number of anilines is 1. The molecule has 0 aliphatic heterocycles. The highest BCUT2D eigenvalue weighted by Gasteiger charge is 2.15. The Morgan fingerprint density at radius 3 is 2.55 bits per heavy atom. The van der Waals surface area contributed by atoms with E-state index in [4.69, 9.17) is 13.9 Å². The van der Waals surface area contributed by atoms with Gasteiger partial charge in [-0.3, -0.25) is 4.79 Å². The number of amides is 1. The Hall–Kier alpha value is -3.94. The van der Waals surface area contributed by atoms with Crippen LogP contribution in [0.4, 0.5) is 5.69 Å². The highest BCUT2D eigenvalue weighted by molar-refractivity contribution is 6.06. The monoisotopic (exact) mass is 393 g/mol. The number of esters is 1. The summed E-state index contributed by atoms with van der Waals surface area (Å²) in [6.07, 6.45) is 3.04. The van der Waals surface area contributed by atoms with Crippen molar-refractivity contribution in [3.63, 3.8) is 0 Å². The van der Waals surface area contributed by atoms with Gasteiger partial charge >= 0.3 is 5.97 Å². The number of hydrogen-bond donors (Lipinski definition) is 1. The molecule has 29 heavy (non-hydrogen) atoms. The van der Waals surface area contributed by atoms with E-state index in [1.807, 2.05) is 12.1 Å². The van der Waals surface area contributed by atoms with Crippen LogP contribution in [0.1, 0.15) is 27.7 Å². The number of nitrogens with one attached hydrogen (secondary N) is 1. The third kappa shape index (κ3) is 5.52. The number of rotatable bonds is 7. The van der Waals surface area contributed by atoms with E-state index in [9.17, 15) is 9.59 Å². The number of carbonyl (C=O) groups excluding carboxylic acids is 2. The SMILES string of the molecule is COc1ccc(/C=C/C(=O)Nc2ccccc2C(=O)OCc2nnc(C)o2)cc1. The van der Waals surface area contributed by atoms with Crippen LogP contribution in [0.3, 0.4) is 0 Å². The van der Waals surface area contributed by atoms with Crippen LogP contribution in [0.5, 0.6) is 5.75 Å². The summed E-state index contributed by atoms with van der Waals surface area (Å²) in [7, 11) is 1.59. The third-order valence-electron chi connectivity index (χ3n) is 3.84. The van der Waals surface area contributed by atoms with Gasteiger partial charge < -0.3 is 19.2 Å². The molecule has 1 heterocycles. The number of hydrogen-bond acceptors (Lipinski definition) is 7. The first-order valence-corrected chi connectivity index (χ1v) is 8.73. The Labute approximate surface area is 167 Å². The maximum atomic E-state index is 12.4. The fourth-order valence-electron chi connectivity index (χ4n) is 2.43. The van der Waals surface area contributed by atoms with Crippen LogP contribution >= 0.6 is 0 Å². The molecule has 0 aliphatic carbocycles. The van der Waals surface area contributed by atoms with E-state index in [1.54, 1.807) is 56.5 Å². The molecule has 1 N–H and O–H groups in total. The lowest BCUT2D eigenvalue weighted by Gasteiger charge is -2.09. The summed E-state index contributed by atoms with van der Waals surface area (Å²) in [6.45, 7) is 1.49. The number of methoxy groups -OCH3 is 1. The molecule has 0 spiro atoms. The molecule has 0 atom stereocenters. The van der Waals surface area contributed by atoms with Crippen molar-refractivity contribution in [2.24, 2.45) is 0 Å². The number of benzene rings is 2. The Bertz CT molecular complexity index is 1020. The smallest absolute Gasteiger partial charge is 0.340 e. The van der Waals surface area contributed by atoms with Crippen LogP contribution in [0.25, 0.3) is 6.08 Å². The predicted molar refractivity (Wildman–Crippen MR) is 105 cm³/mol. The second-order valence-electron chi connectivity index (χ2n) is 5.93. The van der Waals surface area contributed by atoms with Crippen molar-refractivity contribution in [1.29, 1.82) is 0 Å². The normalized spacial score (nSPS) is 10.7. The minimum atomic E-state index is -0.615. The first-order valence-electron chi connectivity index (χ1n) is 8.73. The van der Waals surface area contributed by atoms with Crippen molar-refractivity contribution >= 4 is 23.6 Å². The number of para-hydroxylation sites is 1. The quantitative estimate of drug-likeness (QED) is 0.485. The van der Waals surface area contributed by atoms with Crippen LogP contribution < -0.4 is 10.1 Å². The van der Waals surface area contributed by atoms with Gasteiger partial charge in [0.05, 0.1) is 18.4 Å². The topological polar surface area (TPSA) is 104 Å². The molecule has 3 aromatic rings.